The largest absolute Gasteiger partial charge is 0.506 e. The first-order chi connectivity index (χ1) is 11.2. The monoisotopic (exact) mass is 304 g/mol. The summed E-state index contributed by atoms with van der Waals surface area (Å²) in [5, 5.41) is 28.0. The molecule has 0 aliphatic carbocycles. The van der Waals surface area contributed by atoms with E-state index in [-0.39, 0.29) is 11.5 Å². The quantitative estimate of drug-likeness (QED) is 0.628. The average Bonchev–Trinajstić information content (AvgIpc) is 2.57. The van der Waals surface area contributed by atoms with Gasteiger partial charge in [-0.3, -0.25) is 0 Å². The molecule has 0 spiro atoms. The molecule has 3 aromatic carbocycles. The van der Waals surface area contributed by atoms with Gasteiger partial charge in [-0.1, -0.05) is 48.5 Å². The highest BCUT2D eigenvalue weighted by Crippen LogP contribution is 2.38. The molecule has 0 aromatic heterocycles. The molecule has 0 fully saturated rings. The summed E-state index contributed by atoms with van der Waals surface area (Å²) >= 11 is 0. The van der Waals surface area contributed by atoms with Crippen LogP contribution in [0.1, 0.15) is 5.56 Å². The SMILES string of the molecule is Cc1c(-c2ccccc2)ccc(O)c1N=Nc1ccccc1O. The maximum Gasteiger partial charge on any atom is 0.143 e. The van der Waals surface area contributed by atoms with Crippen molar-refractivity contribution in [3.05, 3.63) is 72.3 Å². The summed E-state index contributed by atoms with van der Waals surface area (Å²) in [6.07, 6.45) is 0. The zero-order valence-electron chi connectivity index (χ0n) is 12.6. The number of aromatic hydroxyl groups is 2. The van der Waals surface area contributed by atoms with Crippen molar-refractivity contribution in [2.45, 2.75) is 6.92 Å². The lowest BCUT2D eigenvalue weighted by Crippen LogP contribution is -1.84. The molecule has 0 aliphatic heterocycles. The van der Waals surface area contributed by atoms with Gasteiger partial charge in [-0.2, -0.15) is 0 Å². The van der Waals surface area contributed by atoms with Crippen LogP contribution in [0.2, 0.25) is 0 Å². The normalized spacial score (nSPS) is 11.0. The third-order valence-corrected chi connectivity index (χ3v) is 3.63. The van der Waals surface area contributed by atoms with E-state index in [1.54, 1.807) is 30.3 Å². The van der Waals surface area contributed by atoms with E-state index in [4.69, 9.17) is 0 Å². The van der Waals surface area contributed by atoms with Gasteiger partial charge in [-0.15, -0.1) is 10.2 Å². The predicted octanol–water partition coefficient (Wildman–Crippen LogP) is 5.49. The van der Waals surface area contributed by atoms with Gasteiger partial charge in [0.25, 0.3) is 0 Å². The van der Waals surface area contributed by atoms with Crippen LogP contribution in [0.5, 0.6) is 11.5 Å². The zero-order valence-corrected chi connectivity index (χ0v) is 12.6. The van der Waals surface area contributed by atoms with Gasteiger partial charge in [-0.25, -0.2) is 0 Å². The highest BCUT2D eigenvalue weighted by molar-refractivity contribution is 5.75. The third kappa shape index (κ3) is 3.06. The van der Waals surface area contributed by atoms with Crippen LogP contribution in [0.4, 0.5) is 11.4 Å². The first kappa shape index (κ1) is 14.8. The Morgan fingerprint density at radius 2 is 1.39 bits per heavy atom. The van der Waals surface area contributed by atoms with Gasteiger partial charge in [0.15, 0.2) is 0 Å². The molecule has 4 nitrogen and oxygen atoms in total. The minimum absolute atomic E-state index is 0.0487. The number of hydrogen-bond acceptors (Lipinski definition) is 4. The summed E-state index contributed by atoms with van der Waals surface area (Å²) in [5.41, 5.74) is 3.61. The zero-order chi connectivity index (χ0) is 16.2. The Bertz CT molecular complexity index is 858. The van der Waals surface area contributed by atoms with Gasteiger partial charge >= 0.3 is 0 Å². The summed E-state index contributed by atoms with van der Waals surface area (Å²) in [5.74, 6) is 0.106. The van der Waals surface area contributed by atoms with Crippen LogP contribution in [0, 0.1) is 6.92 Å². The fourth-order valence-electron chi connectivity index (χ4n) is 2.40. The Morgan fingerprint density at radius 1 is 0.696 bits per heavy atom. The van der Waals surface area contributed by atoms with Crippen molar-refractivity contribution in [1.29, 1.82) is 0 Å². The van der Waals surface area contributed by atoms with Crippen molar-refractivity contribution in [3.63, 3.8) is 0 Å². The summed E-state index contributed by atoms with van der Waals surface area (Å²) < 4.78 is 0. The van der Waals surface area contributed by atoms with Gasteiger partial charge in [0, 0.05) is 0 Å². The fourth-order valence-corrected chi connectivity index (χ4v) is 2.40. The van der Waals surface area contributed by atoms with Crippen molar-refractivity contribution in [1.82, 2.24) is 0 Å². The molecule has 0 heterocycles. The number of phenolic OH excluding ortho intramolecular Hbond substituents is 2. The number of para-hydroxylation sites is 1. The first-order valence-electron chi connectivity index (χ1n) is 7.24. The molecule has 0 amide bonds. The van der Waals surface area contributed by atoms with Gasteiger partial charge in [0.2, 0.25) is 0 Å². The number of rotatable bonds is 3. The van der Waals surface area contributed by atoms with E-state index in [9.17, 15) is 10.2 Å². The molecule has 0 atom stereocenters. The number of benzene rings is 3. The average molecular weight is 304 g/mol. The lowest BCUT2D eigenvalue weighted by Gasteiger charge is -2.09. The smallest absolute Gasteiger partial charge is 0.143 e. The first-order valence-corrected chi connectivity index (χ1v) is 7.24. The lowest BCUT2D eigenvalue weighted by atomic mass is 9.99. The van der Waals surface area contributed by atoms with Crippen LogP contribution in [-0.2, 0) is 0 Å². The Morgan fingerprint density at radius 3 is 2.13 bits per heavy atom. The molecular formula is C19H16N2O2. The van der Waals surface area contributed by atoms with Crippen LogP contribution in [0.25, 0.3) is 11.1 Å². The second kappa shape index (κ2) is 6.32. The number of azo groups is 1. The predicted molar refractivity (Wildman–Crippen MR) is 90.6 cm³/mol. The summed E-state index contributed by atoms with van der Waals surface area (Å²) in [4.78, 5) is 0. The molecule has 0 bridgehead atoms. The van der Waals surface area contributed by atoms with E-state index in [1.165, 1.54) is 0 Å². The van der Waals surface area contributed by atoms with Gasteiger partial charge in [-0.05, 0) is 41.8 Å². The molecule has 3 aromatic rings. The van der Waals surface area contributed by atoms with Gasteiger partial charge in [0.05, 0.1) is 0 Å². The Kier molecular flexibility index (Phi) is 4.06. The maximum atomic E-state index is 10.1. The molecule has 0 saturated carbocycles. The topological polar surface area (TPSA) is 65.2 Å². The van der Waals surface area contributed by atoms with Gasteiger partial charge < -0.3 is 10.2 Å². The molecule has 0 radical (unpaired) electrons. The molecule has 0 aliphatic rings. The van der Waals surface area contributed by atoms with E-state index in [1.807, 2.05) is 43.3 Å². The van der Waals surface area contributed by atoms with Crippen molar-refractivity contribution in [3.8, 4) is 22.6 Å². The van der Waals surface area contributed by atoms with E-state index < -0.39 is 0 Å². The molecule has 0 unspecified atom stereocenters. The summed E-state index contributed by atoms with van der Waals surface area (Å²) in [6.45, 7) is 1.89. The van der Waals surface area contributed by atoms with E-state index in [0.717, 1.165) is 16.7 Å². The van der Waals surface area contributed by atoms with Crippen LogP contribution in [-0.4, -0.2) is 10.2 Å². The molecule has 4 heteroatoms. The fraction of sp³-hybridized carbons (Fsp3) is 0.0526. The second-order valence-corrected chi connectivity index (χ2v) is 5.16. The minimum atomic E-state index is 0.0487. The van der Waals surface area contributed by atoms with E-state index in [2.05, 4.69) is 10.2 Å². The molecular weight excluding hydrogens is 288 g/mol. The highest BCUT2D eigenvalue weighted by Gasteiger charge is 2.11. The van der Waals surface area contributed by atoms with Crippen LogP contribution in [0.15, 0.2) is 77.0 Å². The summed E-state index contributed by atoms with van der Waals surface area (Å²) in [7, 11) is 0. The van der Waals surface area contributed by atoms with Crippen molar-refractivity contribution < 1.29 is 10.2 Å². The molecule has 23 heavy (non-hydrogen) atoms. The van der Waals surface area contributed by atoms with Crippen LogP contribution < -0.4 is 0 Å². The summed E-state index contributed by atoms with van der Waals surface area (Å²) in [6, 6.07) is 20.0. The van der Waals surface area contributed by atoms with Crippen molar-refractivity contribution in [2.24, 2.45) is 10.2 Å². The van der Waals surface area contributed by atoms with E-state index >= 15 is 0 Å². The Balaban J connectivity index is 2.05. The van der Waals surface area contributed by atoms with Crippen LogP contribution >= 0.6 is 0 Å². The maximum absolute atomic E-state index is 10.1. The van der Waals surface area contributed by atoms with Crippen LogP contribution in [0.3, 0.4) is 0 Å². The minimum Gasteiger partial charge on any atom is -0.506 e. The highest BCUT2D eigenvalue weighted by atomic mass is 16.3. The Labute approximate surface area is 134 Å². The number of phenols is 2. The molecule has 2 N–H and O–H groups in total. The van der Waals surface area contributed by atoms with E-state index in [0.29, 0.717) is 11.4 Å². The third-order valence-electron chi connectivity index (χ3n) is 3.63. The molecule has 0 saturated heterocycles. The van der Waals surface area contributed by atoms with Crippen molar-refractivity contribution in [2.75, 3.05) is 0 Å². The number of hydrogen-bond donors (Lipinski definition) is 2. The van der Waals surface area contributed by atoms with Gasteiger partial charge in [0.1, 0.15) is 22.9 Å². The Hall–Kier alpha value is -3.14. The van der Waals surface area contributed by atoms with Crippen molar-refractivity contribution >= 4 is 11.4 Å². The standard InChI is InChI=1S/C19H16N2O2/c1-13-15(14-7-3-2-4-8-14)11-12-18(23)19(13)21-20-16-9-5-6-10-17(16)22/h2-12,22-23H,1H3. The lowest BCUT2D eigenvalue weighted by molar-refractivity contribution is 0.473. The number of nitrogens with zero attached hydrogens (tertiary/aromatic N) is 2. The second-order valence-electron chi connectivity index (χ2n) is 5.16. The molecule has 114 valence electrons. The molecule has 3 rings (SSSR count).